The van der Waals surface area contributed by atoms with Crippen molar-refractivity contribution < 1.29 is 24.3 Å². The fourth-order valence-electron chi connectivity index (χ4n) is 3.18. The van der Waals surface area contributed by atoms with Crippen LogP contribution < -0.4 is 38.9 Å². The number of carboxylic acid groups (broad SMARTS) is 1. The highest BCUT2D eigenvalue weighted by Gasteiger charge is 2.29. The Morgan fingerprint density at radius 3 is 1.35 bits per heavy atom. The van der Waals surface area contributed by atoms with Gasteiger partial charge in [-0.15, -0.1) is 0 Å². The molecule has 0 aromatic rings. The molecule has 0 rings (SSSR count). The summed E-state index contributed by atoms with van der Waals surface area (Å²) in [5.74, 6) is -2.75. The average Bonchev–Trinajstić information content (AvgIpc) is 2.81. The van der Waals surface area contributed by atoms with Crippen molar-refractivity contribution in [3.8, 4) is 0 Å². The van der Waals surface area contributed by atoms with Crippen molar-refractivity contribution in [1.82, 2.24) is 16.0 Å². The van der Waals surface area contributed by atoms with E-state index in [1.54, 1.807) is 0 Å². The van der Waals surface area contributed by atoms with Crippen LogP contribution >= 0.6 is 12.6 Å². The zero-order chi connectivity index (χ0) is 25.9. The Morgan fingerprint density at radius 2 is 1.00 bits per heavy atom. The van der Waals surface area contributed by atoms with Gasteiger partial charge in [0.2, 0.25) is 17.7 Å². The lowest BCUT2D eigenvalue weighted by Crippen LogP contribution is -2.57. The number of hydrogen-bond acceptors (Lipinski definition) is 9. The van der Waals surface area contributed by atoms with Gasteiger partial charge in [0.1, 0.15) is 18.1 Å². The number of unbranched alkanes of at least 4 members (excludes halogenated alkanes) is 3. The largest absolute Gasteiger partial charge is 0.480 e. The topological polar surface area (TPSA) is 229 Å². The minimum Gasteiger partial charge on any atom is -0.480 e. The molecule has 13 heteroatoms. The summed E-state index contributed by atoms with van der Waals surface area (Å²) in [6.07, 6.45) is 4.39. The molecule has 0 spiro atoms. The minimum absolute atomic E-state index is 0.105. The van der Waals surface area contributed by atoms with E-state index in [1.807, 2.05) is 0 Å². The van der Waals surface area contributed by atoms with E-state index < -0.39 is 47.9 Å². The van der Waals surface area contributed by atoms with Crippen LogP contribution in [0.4, 0.5) is 0 Å². The smallest absolute Gasteiger partial charge is 0.326 e. The fraction of sp³-hybridized carbons (Fsp3) is 0.810. The molecule has 0 aliphatic rings. The molecule has 4 atom stereocenters. The minimum atomic E-state index is -1.16. The van der Waals surface area contributed by atoms with E-state index in [4.69, 9.17) is 22.9 Å². The molecule has 0 bridgehead atoms. The van der Waals surface area contributed by atoms with Crippen molar-refractivity contribution in [3.63, 3.8) is 0 Å². The molecule has 0 saturated heterocycles. The van der Waals surface area contributed by atoms with Gasteiger partial charge in [0.05, 0.1) is 6.04 Å². The van der Waals surface area contributed by atoms with Gasteiger partial charge in [0.15, 0.2) is 0 Å². The Kier molecular flexibility index (Phi) is 18.3. The summed E-state index contributed by atoms with van der Waals surface area (Å²) in [5, 5.41) is 17.2. The summed E-state index contributed by atoms with van der Waals surface area (Å²) >= 11 is 4.00. The van der Waals surface area contributed by atoms with Crippen LogP contribution in [0.1, 0.15) is 57.8 Å². The van der Waals surface area contributed by atoms with E-state index in [9.17, 15) is 24.3 Å². The number of thiol groups is 1. The Bertz CT molecular complexity index is 626. The zero-order valence-corrected chi connectivity index (χ0v) is 20.7. The number of nitrogens with one attached hydrogen (secondary N) is 3. The number of rotatable bonds is 20. The van der Waals surface area contributed by atoms with Gasteiger partial charge in [-0.1, -0.05) is 0 Å². The molecule has 3 amide bonds. The summed E-state index contributed by atoms with van der Waals surface area (Å²) in [4.78, 5) is 49.7. The first-order valence-corrected chi connectivity index (χ1v) is 12.5. The predicted octanol–water partition coefficient (Wildman–Crippen LogP) is -1.83. The zero-order valence-electron chi connectivity index (χ0n) is 19.8. The number of carboxylic acids is 1. The molecule has 0 unspecified atom stereocenters. The predicted molar refractivity (Wildman–Crippen MR) is 134 cm³/mol. The van der Waals surface area contributed by atoms with Crippen molar-refractivity contribution in [3.05, 3.63) is 0 Å². The van der Waals surface area contributed by atoms with Crippen molar-refractivity contribution in [1.29, 1.82) is 0 Å². The third-order valence-corrected chi connectivity index (χ3v) is 5.65. The molecule has 0 saturated carbocycles. The van der Waals surface area contributed by atoms with Gasteiger partial charge in [0, 0.05) is 5.75 Å². The number of nitrogens with two attached hydrogens (primary N) is 4. The Balaban J connectivity index is 5.41. The van der Waals surface area contributed by atoms with E-state index in [2.05, 4.69) is 28.6 Å². The van der Waals surface area contributed by atoms with Gasteiger partial charge in [-0.05, 0) is 77.4 Å². The van der Waals surface area contributed by atoms with Gasteiger partial charge >= 0.3 is 5.97 Å². The van der Waals surface area contributed by atoms with E-state index in [1.165, 1.54) is 0 Å². The maximum absolute atomic E-state index is 13.0. The summed E-state index contributed by atoms with van der Waals surface area (Å²) in [6, 6.07) is -3.89. The molecular weight excluding hydrogens is 462 g/mol. The second-order valence-electron chi connectivity index (χ2n) is 8.16. The third-order valence-electron chi connectivity index (χ3n) is 5.25. The van der Waals surface area contributed by atoms with Gasteiger partial charge in [-0.3, -0.25) is 14.4 Å². The summed E-state index contributed by atoms with van der Waals surface area (Å²) < 4.78 is 0. The first kappa shape index (κ1) is 32.1. The molecular formula is C21H43N7O5S. The molecule has 0 aliphatic carbocycles. The highest BCUT2D eigenvalue weighted by molar-refractivity contribution is 7.80. The number of amides is 3. The van der Waals surface area contributed by atoms with Crippen LogP contribution in [0.25, 0.3) is 0 Å². The lowest BCUT2D eigenvalue weighted by molar-refractivity contribution is -0.142. The van der Waals surface area contributed by atoms with Crippen LogP contribution in [0, 0.1) is 0 Å². The Labute approximate surface area is 207 Å². The van der Waals surface area contributed by atoms with Crippen molar-refractivity contribution in [2.75, 3.05) is 25.4 Å². The number of carbonyl (C=O) groups is 4. The average molecular weight is 506 g/mol. The van der Waals surface area contributed by atoms with Crippen LogP contribution in [0.5, 0.6) is 0 Å². The second kappa shape index (κ2) is 19.4. The fourth-order valence-corrected chi connectivity index (χ4v) is 3.35. The number of carbonyl (C=O) groups excluding carboxylic acids is 3. The molecule has 0 radical (unpaired) electrons. The SMILES string of the molecule is NCCCC[C@H](NC(=O)[C@H](CCCCN)NC(=O)[C@H](CCCCN)NC(=O)[C@@H](N)CS)C(=O)O. The quantitative estimate of drug-likeness (QED) is 0.0668. The molecule has 0 fully saturated rings. The molecule has 0 heterocycles. The molecule has 12 N–H and O–H groups in total. The maximum Gasteiger partial charge on any atom is 0.326 e. The monoisotopic (exact) mass is 505 g/mol. The Hall–Kier alpha value is -1.93. The highest BCUT2D eigenvalue weighted by Crippen LogP contribution is 2.08. The molecule has 0 aliphatic heterocycles. The van der Waals surface area contributed by atoms with Gasteiger partial charge < -0.3 is 44.0 Å². The molecule has 0 aromatic heterocycles. The lowest BCUT2D eigenvalue weighted by Gasteiger charge is -2.25. The van der Waals surface area contributed by atoms with Gasteiger partial charge in [-0.2, -0.15) is 12.6 Å². The number of hydrogen-bond donors (Lipinski definition) is 9. The standard InChI is InChI=1S/C21H43N7O5S/c22-10-4-1-7-15(26-18(29)14(25)13-34)19(30)27-16(8-2-5-11-23)20(31)28-17(21(32)33)9-3-6-12-24/h14-17,34H,1-13,22-25H2,(H,26,29)(H,27,30)(H,28,31)(H,32,33)/t14-,15-,16-,17-/m0/s1. The van der Waals surface area contributed by atoms with Crippen LogP contribution in [0.3, 0.4) is 0 Å². The summed E-state index contributed by atoms with van der Waals surface area (Å²) in [7, 11) is 0. The van der Waals surface area contributed by atoms with Crippen molar-refractivity contribution in [2.45, 2.75) is 82.0 Å². The van der Waals surface area contributed by atoms with E-state index >= 15 is 0 Å². The first-order valence-electron chi connectivity index (χ1n) is 11.8. The van der Waals surface area contributed by atoms with Gasteiger partial charge in [-0.25, -0.2) is 4.79 Å². The Morgan fingerprint density at radius 1 is 0.647 bits per heavy atom. The summed E-state index contributed by atoms with van der Waals surface area (Å²) in [5.41, 5.74) is 22.2. The van der Waals surface area contributed by atoms with Crippen molar-refractivity contribution in [2.24, 2.45) is 22.9 Å². The molecule has 12 nitrogen and oxygen atoms in total. The van der Waals surface area contributed by atoms with E-state index in [-0.39, 0.29) is 18.6 Å². The van der Waals surface area contributed by atoms with Crippen LogP contribution in [-0.2, 0) is 19.2 Å². The van der Waals surface area contributed by atoms with E-state index in [0.29, 0.717) is 64.6 Å². The summed E-state index contributed by atoms with van der Waals surface area (Å²) in [6.45, 7) is 1.27. The lowest BCUT2D eigenvalue weighted by atomic mass is 10.0. The third kappa shape index (κ3) is 13.7. The molecule has 0 aromatic carbocycles. The second-order valence-corrected chi connectivity index (χ2v) is 8.53. The van der Waals surface area contributed by atoms with Crippen molar-refractivity contribution >= 4 is 36.3 Å². The first-order chi connectivity index (χ1) is 16.2. The van der Waals surface area contributed by atoms with Crippen LogP contribution in [0.15, 0.2) is 0 Å². The number of aliphatic carboxylic acids is 1. The molecule has 198 valence electrons. The van der Waals surface area contributed by atoms with Crippen LogP contribution in [-0.4, -0.2) is 78.4 Å². The maximum atomic E-state index is 13.0. The normalized spacial score (nSPS) is 14.5. The van der Waals surface area contributed by atoms with Crippen LogP contribution in [0.2, 0.25) is 0 Å². The molecule has 34 heavy (non-hydrogen) atoms. The highest BCUT2D eigenvalue weighted by atomic mass is 32.1. The van der Waals surface area contributed by atoms with E-state index in [0.717, 1.165) is 0 Å². The van der Waals surface area contributed by atoms with Gasteiger partial charge in [0.25, 0.3) is 0 Å².